The summed E-state index contributed by atoms with van der Waals surface area (Å²) in [5.41, 5.74) is 6.61. The Balaban J connectivity index is 0.00000144. The van der Waals surface area contributed by atoms with Crippen LogP contribution < -0.4 is 5.73 Å². The first kappa shape index (κ1) is 12.3. The Hall–Kier alpha value is -0.720. The van der Waals surface area contributed by atoms with Gasteiger partial charge in [0, 0.05) is 19.7 Å². The zero-order valence-electron chi connectivity index (χ0n) is 7.73. The minimum atomic E-state index is 0. The van der Waals surface area contributed by atoms with E-state index >= 15 is 0 Å². The zero-order chi connectivity index (χ0) is 8.97. The molecule has 4 nitrogen and oxygen atoms in total. The van der Waals surface area contributed by atoms with Crippen molar-refractivity contribution >= 4 is 29.9 Å². The zero-order valence-corrected chi connectivity index (χ0v) is 10.1. The Bertz CT molecular complexity index is 256. The van der Waals surface area contributed by atoms with Crippen LogP contribution in [0.2, 0.25) is 0 Å². The summed E-state index contributed by atoms with van der Waals surface area (Å²) in [6.45, 7) is 0.570. The van der Waals surface area contributed by atoms with E-state index in [0.29, 0.717) is 12.5 Å². The highest BCUT2D eigenvalue weighted by molar-refractivity contribution is 14.0. The van der Waals surface area contributed by atoms with E-state index in [1.807, 2.05) is 20.2 Å². The molecule has 0 atom stereocenters. The summed E-state index contributed by atoms with van der Waals surface area (Å²) < 4.78 is 4.88. The number of hydrogen-bond donors (Lipinski definition) is 1. The van der Waals surface area contributed by atoms with Gasteiger partial charge in [-0.2, -0.15) is 0 Å². The molecule has 0 unspecified atom stereocenters. The molecule has 0 fully saturated rings. The summed E-state index contributed by atoms with van der Waals surface area (Å²) in [7, 11) is 3.71. The van der Waals surface area contributed by atoms with Gasteiger partial charge in [0.25, 0.3) is 0 Å². The van der Waals surface area contributed by atoms with Crippen LogP contribution in [-0.4, -0.2) is 25.0 Å². The quantitative estimate of drug-likeness (QED) is 0.508. The van der Waals surface area contributed by atoms with Gasteiger partial charge in [0.2, 0.25) is 0 Å². The maximum Gasteiger partial charge on any atom is 0.191 e. The molecule has 1 aromatic rings. The Morgan fingerprint density at radius 2 is 2.31 bits per heavy atom. The minimum Gasteiger partial charge on any atom is -0.472 e. The molecule has 0 aliphatic carbocycles. The van der Waals surface area contributed by atoms with Crippen molar-refractivity contribution in [2.75, 3.05) is 14.1 Å². The highest BCUT2D eigenvalue weighted by Gasteiger charge is 1.94. The van der Waals surface area contributed by atoms with Crippen LogP contribution in [-0.2, 0) is 6.54 Å². The molecule has 74 valence electrons. The molecule has 0 aliphatic rings. The van der Waals surface area contributed by atoms with Gasteiger partial charge in [-0.05, 0) is 6.07 Å². The smallest absolute Gasteiger partial charge is 0.191 e. The van der Waals surface area contributed by atoms with Gasteiger partial charge in [0.1, 0.15) is 0 Å². The summed E-state index contributed by atoms with van der Waals surface area (Å²) in [6.07, 6.45) is 3.28. The first-order valence-corrected chi connectivity index (χ1v) is 3.68. The summed E-state index contributed by atoms with van der Waals surface area (Å²) in [5, 5.41) is 0. The SMILES string of the molecule is CN(C)C(N)=NCc1ccoc1.I. The van der Waals surface area contributed by atoms with Crippen molar-refractivity contribution in [3.8, 4) is 0 Å². The normalized spacial score (nSPS) is 10.8. The lowest BCUT2D eigenvalue weighted by atomic mass is 10.3. The fourth-order valence-corrected chi connectivity index (χ4v) is 0.696. The molecule has 1 aromatic heterocycles. The first-order valence-electron chi connectivity index (χ1n) is 3.68. The number of nitrogens with two attached hydrogens (primary N) is 1. The third-order valence-electron chi connectivity index (χ3n) is 1.46. The molecule has 0 bridgehead atoms. The molecule has 1 heterocycles. The first-order chi connectivity index (χ1) is 5.70. The number of nitrogens with zero attached hydrogens (tertiary/aromatic N) is 2. The number of rotatable bonds is 2. The molecule has 0 spiro atoms. The molecular formula is C8H14IN3O. The van der Waals surface area contributed by atoms with Gasteiger partial charge in [-0.15, -0.1) is 24.0 Å². The highest BCUT2D eigenvalue weighted by Crippen LogP contribution is 2.01. The molecule has 2 N–H and O–H groups in total. The fraction of sp³-hybridized carbons (Fsp3) is 0.375. The summed E-state index contributed by atoms with van der Waals surface area (Å²) in [5.74, 6) is 0.524. The number of halogens is 1. The second-order valence-corrected chi connectivity index (χ2v) is 2.70. The van der Waals surface area contributed by atoms with E-state index < -0.39 is 0 Å². The Labute approximate surface area is 94.8 Å². The van der Waals surface area contributed by atoms with Crippen LogP contribution in [0.15, 0.2) is 28.0 Å². The van der Waals surface area contributed by atoms with Gasteiger partial charge in [-0.1, -0.05) is 0 Å². The molecule has 5 heteroatoms. The third-order valence-corrected chi connectivity index (χ3v) is 1.46. The van der Waals surface area contributed by atoms with Crippen molar-refractivity contribution in [3.63, 3.8) is 0 Å². The molecule has 0 amide bonds. The second kappa shape index (κ2) is 5.85. The van der Waals surface area contributed by atoms with Crippen LogP contribution >= 0.6 is 24.0 Å². The predicted molar refractivity (Wildman–Crippen MR) is 63.1 cm³/mol. The Kier molecular flexibility index (Phi) is 5.52. The van der Waals surface area contributed by atoms with Gasteiger partial charge < -0.3 is 15.1 Å². The Morgan fingerprint density at radius 3 is 2.77 bits per heavy atom. The summed E-state index contributed by atoms with van der Waals surface area (Å²) in [4.78, 5) is 5.89. The molecule has 0 aliphatic heterocycles. The second-order valence-electron chi connectivity index (χ2n) is 2.70. The molecule has 0 radical (unpaired) electrons. The van der Waals surface area contributed by atoms with Crippen molar-refractivity contribution in [2.45, 2.75) is 6.54 Å². The molecular weight excluding hydrogens is 281 g/mol. The predicted octanol–water partition coefficient (Wildman–Crippen LogP) is 1.27. The third kappa shape index (κ3) is 4.16. The van der Waals surface area contributed by atoms with Crippen LogP contribution in [0, 0.1) is 0 Å². The van der Waals surface area contributed by atoms with Crippen molar-refractivity contribution in [1.82, 2.24) is 4.90 Å². The van der Waals surface area contributed by atoms with Gasteiger partial charge in [-0.3, -0.25) is 0 Å². The largest absolute Gasteiger partial charge is 0.472 e. The number of guanidine groups is 1. The van der Waals surface area contributed by atoms with Crippen molar-refractivity contribution in [2.24, 2.45) is 10.7 Å². The van der Waals surface area contributed by atoms with Gasteiger partial charge in [0.15, 0.2) is 5.96 Å². The monoisotopic (exact) mass is 295 g/mol. The minimum absolute atomic E-state index is 0. The van der Waals surface area contributed by atoms with E-state index in [-0.39, 0.29) is 24.0 Å². The van der Waals surface area contributed by atoms with E-state index in [2.05, 4.69) is 4.99 Å². The van der Waals surface area contributed by atoms with E-state index in [4.69, 9.17) is 10.2 Å². The van der Waals surface area contributed by atoms with E-state index in [9.17, 15) is 0 Å². The average Bonchev–Trinajstić information content (AvgIpc) is 2.51. The van der Waals surface area contributed by atoms with E-state index in [1.54, 1.807) is 17.4 Å². The van der Waals surface area contributed by atoms with Crippen LogP contribution in [0.25, 0.3) is 0 Å². The van der Waals surface area contributed by atoms with Gasteiger partial charge in [-0.25, -0.2) is 4.99 Å². The van der Waals surface area contributed by atoms with Crippen molar-refractivity contribution in [3.05, 3.63) is 24.2 Å². The molecule has 0 saturated heterocycles. The molecule has 0 saturated carbocycles. The van der Waals surface area contributed by atoms with Crippen LogP contribution in [0.4, 0.5) is 0 Å². The van der Waals surface area contributed by atoms with E-state index in [0.717, 1.165) is 5.56 Å². The lowest BCUT2D eigenvalue weighted by Crippen LogP contribution is -2.30. The number of aliphatic imine (C=N–C) groups is 1. The number of hydrogen-bond acceptors (Lipinski definition) is 2. The van der Waals surface area contributed by atoms with Crippen LogP contribution in [0.5, 0.6) is 0 Å². The van der Waals surface area contributed by atoms with Gasteiger partial charge >= 0.3 is 0 Å². The summed E-state index contributed by atoms with van der Waals surface area (Å²) >= 11 is 0. The highest BCUT2D eigenvalue weighted by atomic mass is 127. The number of furan rings is 1. The summed E-state index contributed by atoms with van der Waals surface area (Å²) in [6, 6.07) is 1.87. The molecule has 0 aromatic carbocycles. The lowest BCUT2D eigenvalue weighted by Gasteiger charge is -2.09. The van der Waals surface area contributed by atoms with Crippen molar-refractivity contribution < 1.29 is 4.42 Å². The lowest BCUT2D eigenvalue weighted by molar-refractivity contribution is 0.563. The van der Waals surface area contributed by atoms with Crippen LogP contribution in [0.1, 0.15) is 5.56 Å². The maximum atomic E-state index is 5.58. The van der Waals surface area contributed by atoms with Crippen LogP contribution in [0.3, 0.4) is 0 Å². The maximum absolute atomic E-state index is 5.58. The van der Waals surface area contributed by atoms with Crippen molar-refractivity contribution in [1.29, 1.82) is 0 Å². The standard InChI is InChI=1S/C8H13N3O.HI/c1-11(2)8(9)10-5-7-3-4-12-6-7;/h3-4,6H,5H2,1-2H3,(H2,9,10);1H. The Morgan fingerprint density at radius 1 is 1.62 bits per heavy atom. The molecule has 13 heavy (non-hydrogen) atoms. The topological polar surface area (TPSA) is 54.8 Å². The van der Waals surface area contributed by atoms with Gasteiger partial charge in [0.05, 0.1) is 19.1 Å². The molecule has 1 rings (SSSR count). The van der Waals surface area contributed by atoms with E-state index in [1.165, 1.54) is 0 Å². The fourth-order valence-electron chi connectivity index (χ4n) is 0.696. The average molecular weight is 295 g/mol.